The van der Waals surface area contributed by atoms with Crippen molar-refractivity contribution in [2.24, 2.45) is 0 Å². The summed E-state index contributed by atoms with van der Waals surface area (Å²) < 4.78 is 5.71. The number of amides is 2. The number of hydrogen-bond acceptors (Lipinski definition) is 3. The first-order chi connectivity index (χ1) is 13.1. The summed E-state index contributed by atoms with van der Waals surface area (Å²) in [7, 11) is 0. The second-order valence-electron chi connectivity index (χ2n) is 7.43. The van der Waals surface area contributed by atoms with Gasteiger partial charge in [0.1, 0.15) is 11.9 Å². The third kappa shape index (κ3) is 3.35. The average Bonchev–Trinajstić information content (AvgIpc) is 3.08. The van der Waals surface area contributed by atoms with Crippen molar-refractivity contribution < 1.29 is 9.53 Å². The van der Waals surface area contributed by atoms with Gasteiger partial charge in [-0.15, -0.1) is 0 Å². The molecule has 1 atom stereocenters. The average molecular weight is 361 g/mol. The molecule has 2 aliphatic rings. The monoisotopic (exact) mass is 361 g/mol. The topological polar surface area (TPSA) is 65.4 Å². The third-order valence-electron chi connectivity index (χ3n) is 5.59. The minimum absolute atomic E-state index is 0.110. The Morgan fingerprint density at radius 2 is 1.96 bits per heavy atom. The van der Waals surface area contributed by atoms with Crippen molar-refractivity contribution in [1.29, 1.82) is 5.26 Å². The molecule has 1 N–H and O–H groups in total. The molecule has 2 heterocycles. The Bertz CT molecular complexity index is 880. The van der Waals surface area contributed by atoms with E-state index in [1.54, 1.807) is 4.90 Å². The summed E-state index contributed by atoms with van der Waals surface area (Å²) in [6.07, 6.45) is 2.35. The molecular weight excluding hydrogens is 338 g/mol. The van der Waals surface area contributed by atoms with Crippen LogP contribution in [0.15, 0.2) is 48.5 Å². The summed E-state index contributed by atoms with van der Waals surface area (Å²) in [5.41, 5.74) is 2.46. The number of carbonyl (C=O) groups is 1. The van der Waals surface area contributed by atoms with Gasteiger partial charge >= 0.3 is 6.03 Å². The molecular formula is C22H23N3O2. The number of hydrogen-bond donors (Lipinski definition) is 1. The van der Waals surface area contributed by atoms with E-state index in [-0.39, 0.29) is 12.1 Å². The molecule has 0 bridgehead atoms. The second kappa shape index (κ2) is 6.96. The fourth-order valence-electron chi connectivity index (χ4n) is 4.02. The molecule has 1 fully saturated rings. The Hall–Kier alpha value is -3.00. The summed E-state index contributed by atoms with van der Waals surface area (Å²) in [4.78, 5) is 14.5. The minimum atomic E-state index is -0.501. The molecule has 2 amide bonds. The van der Waals surface area contributed by atoms with Gasteiger partial charge in [0, 0.05) is 25.2 Å². The molecule has 2 aromatic carbocycles. The summed E-state index contributed by atoms with van der Waals surface area (Å²) in [6, 6.07) is 18.1. The highest BCUT2D eigenvalue weighted by Gasteiger charge is 2.37. The van der Waals surface area contributed by atoms with E-state index in [9.17, 15) is 10.1 Å². The Balaban J connectivity index is 1.41. The Morgan fingerprint density at radius 1 is 1.22 bits per heavy atom. The molecule has 2 aromatic rings. The highest BCUT2D eigenvalue weighted by Crippen LogP contribution is 2.35. The quantitative estimate of drug-likeness (QED) is 0.876. The molecule has 0 radical (unpaired) electrons. The van der Waals surface area contributed by atoms with Crippen LogP contribution in [0.5, 0.6) is 5.75 Å². The van der Waals surface area contributed by atoms with Gasteiger partial charge in [-0.2, -0.15) is 5.26 Å². The van der Waals surface area contributed by atoms with Crippen LogP contribution in [-0.4, -0.2) is 30.1 Å². The van der Waals surface area contributed by atoms with E-state index >= 15 is 0 Å². The molecule has 0 aromatic heterocycles. The van der Waals surface area contributed by atoms with Crippen LogP contribution in [0.25, 0.3) is 0 Å². The number of piperidine rings is 1. The fourth-order valence-corrected chi connectivity index (χ4v) is 4.02. The number of nitriles is 1. The molecule has 0 saturated carbocycles. The number of nitrogens with zero attached hydrogens (tertiary/aromatic N) is 2. The maximum atomic E-state index is 12.7. The van der Waals surface area contributed by atoms with Gasteiger partial charge in [0.2, 0.25) is 0 Å². The highest BCUT2D eigenvalue weighted by atomic mass is 16.5. The van der Waals surface area contributed by atoms with Crippen LogP contribution in [0.2, 0.25) is 0 Å². The number of urea groups is 1. The zero-order chi connectivity index (χ0) is 18.9. The smallest absolute Gasteiger partial charge is 0.321 e. The van der Waals surface area contributed by atoms with Crippen molar-refractivity contribution in [2.45, 2.75) is 37.7 Å². The predicted octanol–water partition coefficient (Wildman–Crippen LogP) is 4.10. The molecule has 27 heavy (non-hydrogen) atoms. The molecule has 138 valence electrons. The van der Waals surface area contributed by atoms with Gasteiger partial charge in [-0.1, -0.05) is 30.3 Å². The number of carbonyl (C=O) groups excluding carboxylic acids is 1. The van der Waals surface area contributed by atoms with Crippen molar-refractivity contribution in [3.63, 3.8) is 0 Å². The SMILES string of the molecule is CC1Cc2cc(NC(=O)N3CCC(C#N)(c4ccccc4)CC3)ccc2O1. The lowest BCUT2D eigenvalue weighted by Crippen LogP contribution is -2.46. The van der Waals surface area contributed by atoms with E-state index < -0.39 is 5.41 Å². The normalized spacial score (nSPS) is 20.3. The van der Waals surface area contributed by atoms with E-state index in [0.717, 1.165) is 29.0 Å². The summed E-state index contributed by atoms with van der Waals surface area (Å²) >= 11 is 0. The van der Waals surface area contributed by atoms with E-state index in [1.807, 2.05) is 55.5 Å². The van der Waals surface area contributed by atoms with Gasteiger partial charge < -0.3 is 15.0 Å². The maximum absolute atomic E-state index is 12.7. The third-order valence-corrected chi connectivity index (χ3v) is 5.59. The van der Waals surface area contributed by atoms with Gasteiger partial charge in [0.25, 0.3) is 0 Å². The number of benzene rings is 2. The van der Waals surface area contributed by atoms with Crippen LogP contribution >= 0.6 is 0 Å². The van der Waals surface area contributed by atoms with E-state index in [2.05, 4.69) is 11.4 Å². The van der Waals surface area contributed by atoms with Crippen molar-refractivity contribution >= 4 is 11.7 Å². The lowest BCUT2D eigenvalue weighted by atomic mass is 9.74. The van der Waals surface area contributed by atoms with Gasteiger partial charge in [-0.3, -0.25) is 0 Å². The van der Waals surface area contributed by atoms with E-state index in [1.165, 1.54) is 0 Å². The number of rotatable bonds is 2. The molecule has 5 nitrogen and oxygen atoms in total. The number of fused-ring (bicyclic) bond motifs is 1. The van der Waals surface area contributed by atoms with Gasteiger partial charge in [0.15, 0.2) is 0 Å². The summed E-state index contributed by atoms with van der Waals surface area (Å²) in [5.74, 6) is 0.903. The summed E-state index contributed by atoms with van der Waals surface area (Å²) in [5, 5.41) is 12.8. The molecule has 4 rings (SSSR count). The Kier molecular flexibility index (Phi) is 4.49. The lowest BCUT2D eigenvalue weighted by molar-refractivity contribution is 0.183. The molecule has 2 aliphatic heterocycles. The fraction of sp³-hybridized carbons (Fsp3) is 0.364. The first-order valence-corrected chi connectivity index (χ1v) is 9.42. The van der Waals surface area contributed by atoms with Crippen molar-refractivity contribution in [2.75, 3.05) is 18.4 Å². The number of nitrogens with one attached hydrogen (secondary N) is 1. The second-order valence-corrected chi connectivity index (χ2v) is 7.43. The molecule has 0 spiro atoms. The molecule has 0 aliphatic carbocycles. The van der Waals surface area contributed by atoms with Crippen LogP contribution in [0.1, 0.15) is 30.9 Å². The number of ether oxygens (including phenoxy) is 1. The maximum Gasteiger partial charge on any atom is 0.321 e. The van der Waals surface area contributed by atoms with Crippen molar-refractivity contribution in [3.05, 3.63) is 59.7 Å². The van der Waals surface area contributed by atoms with Crippen molar-refractivity contribution in [1.82, 2.24) is 4.90 Å². The van der Waals surface area contributed by atoms with Crippen LogP contribution in [0.4, 0.5) is 10.5 Å². The van der Waals surface area contributed by atoms with E-state index in [4.69, 9.17) is 4.74 Å². The van der Waals surface area contributed by atoms with Crippen LogP contribution in [-0.2, 0) is 11.8 Å². The number of likely N-dealkylation sites (tertiary alicyclic amines) is 1. The Labute approximate surface area is 159 Å². The molecule has 5 heteroatoms. The predicted molar refractivity (Wildman–Crippen MR) is 104 cm³/mol. The lowest BCUT2D eigenvalue weighted by Gasteiger charge is -2.37. The Morgan fingerprint density at radius 3 is 2.67 bits per heavy atom. The van der Waals surface area contributed by atoms with Crippen molar-refractivity contribution in [3.8, 4) is 11.8 Å². The van der Waals surface area contributed by atoms with Crippen LogP contribution in [0.3, 0.4) is 0 Å². The molecule has 1 saturated heterocycles. The van der Waals surface area contributed by atoms with Crippen LogP contribution in [0, 0.1) is 11.3 Å². The molecule has 1 unspecified atom stereocenters. The minimum Gasteiger partial charge on any atom is -0.490 e. The van der Waals surface area contributed by atoms with Gasteiger partial charge in [0.05, 0.1) is 11.5 Å². The standard InChI is InChI=1S/C22H23N3O2/c1-16-13-17-14-19(7-8-20(17)27-16)24-21(26)25-11-9-22(15-23,10-12-25)18-5-3-2-4-6-18/h2-8,14,16H,9-13H2,1H3,(H,24,26). The van der Waals surface area contributed by atoms with Gasteiger partial charge in [-0.25, -0.2) is 4.79 Å². The first kappa shape index (κ1) is 17.4. The number of anilines is 1. The summed E-state index contributed by atoms with van der Waals surface area (Å²) in [6.45, 7) is 3.18. The largest absolute Gasteiger partial charge is 0.490 e. The first-order valence-electron chi connectivity index (χ1n) is 9.42. The highest BCUT2D eigenvalue weighted by molar-refractivity contribution is 5.89. The zero-order valence-electron chi connectivity index (χ0n) is 15.4. The van der Waals surface area contributed by atoms with E-state index in [0.29, 0.717) is 25.9 Å². The van der Waals surface area contributed by atoms with Crippen LogP contribution < -0.4 is 10.1 Å². The zero-order valence-corrected chi connectivity index (χ0v) is 15.4. The van der Waals surface area contributed by atoms with Gasteiger partial charge in [-0.05, 0) is 49.1 Å².